The number of nitrogens with zero attached hydrogens (tertiary/aromatic N) is 1. The van der Waals surface area contributed by atoms with Gasteiger partial charge in [0.15, 0.2) is 0 Å². The highest BCUT2D eigenvalue weighted by Crippen LogP contribution is 2.71. The molecule has 0 N–H and O–H groups in total. The van der Waals surface area contributed by atoms with E-state index < -0.39 is 0 Å². The average molecular weight is 151 g/mol. The molecule has 3 atom stereocenters. The molecule has 0 aromatic rings. The van der Waals surface area contributed by atoms with Crippen molar-refractivity contribution in [3.8, 4) is 0 Å². The Balaban J connectivity index is 1.93. The molecule has 2 bridgehead atoms. The number of piperidine rings is 1. The van der Waals surface area contributed by atoms with Crippen LogP contribution in [0.4, 0.5) is 0 Å². The quantitative estimate of drug-likeness (QED) is 0.509. The van der Waals surface area contributed by atoms with Crippen LogP contribution in [0, 0.1) is 16.7 Å². The lowest BCUT2D eigenvalue weighted by Gasteiger charge is -2.25. The largest absolute Gasteiger partial charge is 0.302 e. The van der Waals surface area contributed by atoms with E-state index in [1.807, 2.05) is 0 Å². The summed E-state index contributed by atoms with van der Waals surface area (Å²) in [6.07, 6.45) is 2.99. The number of hydrogen-bond donors (Lipinski definition) is 0. The molecule has 3 rings (SSSR count). The number of fused-ring (bicyclic) bond motifs is 3. The van der Waals surface area contributed by atoms with E-state index in [-0.39, 0.29) is 0 Å². The summed E-state index contributed by atoms with van der Waals surface area (Å²) >= 11 is 0. The van der Waals surface area contributed by atoms with E-state index in [9.17, 15) is 0 Å². The highest BCUT2D eigenvalue weighted by Gasteiger charge is 2.69. The summed E-state index contributed by atoms with van der Waals surface area (Å²) in [7, 11) is 0. The predicted molar refractivity (Wildman–Crippen MR) is 45.4 cm³/mol. The Morgan fingerprint density at radius 2 is 2.09 bits per heavy atom. The zero-order chi connectivity index (χ0) is 7.69. The highest BCUT2D eigenvalue weighted by molar-refractivity contribution is 5.19. The van der Waals surface area contributed by atoms with Crippen LogP contribution in [0.2, 0.25) is 0 Å². The zero-order valence-corrected chi connectivity index (χ0v) is 7.56. The van der Waals surface area contributed by atoms with Crippen molar-refractivity contribution >= 4 is 0 Å². The minimum atomic E-state index is 0.687. The van der Waals surface area contributed by atoms with Gasteiger partial charge in [0, 0.05) is 13.1 Å². The van der Waals surface area contributed by atoms with Crippen molar-refractivity contribution in [2.24, 2.45) is 16.7 Å². The summed E-state index contributed by atoms with van der Waals surface area (Å²) in [6.45, 7) is 9.14. The lowest BCUT2D eigenvalue weighted by molar-refractivity contribution is 0.237. The van der Waals surface area contributed by atoms with Crippen LogP contribution in [0.15, 0.2) is 0 Å². The van der Waals surface area contributed by atoms with Crippen LogP contribution in [0.25, 0.3) is 0 Å². The molecule has 1 saturated carbocycles. The van der Waals surface area contributed by atoms with Crippen molar-refractivity contribution < 1.29 is 0 Å². The van der Waals surface area contributed by atoms with Gasteiger partial charge in [0.2, 0.25) is 0 Å². The molecule has 1 heteroatoms. The van der Waals surface area contributed by atoms with E-state index in [0.717, 1.165) is 11.3 Å². The topological polar surface area (TPSA) is 3.24 Å². The summed E-state index contributed by atoms with van der Waals surface area (Å²) < 4.78 is 0. The third-order valence-electron chi connectivity index (χ3n) is 4.54. The molecule has 0 aromatic carbocycles. The van der Waals surface area contributed by atoms with Gasteiger partial charge in [-0.05, 0) is 36.1 Å². The molecule has 2 aliphatic heterocycles. The Morgan fingerprint density at radius 1 is 1.36 bits per heavy atom. The van der Waals surface area contributed by atoms with E-state index in [4.69, 9.17) is 0 Å². The first-order valence-electron chi connectivity index (χ1n) is 4.86. The molecule has 0 amide bonds. The van der Waals surface area contributed by atoms with E-state index >= 15 is 0 Å². The maximum Gasteiger partial charge on any atom is 0.00466 e. The van der Waals surface area contributed by atoms with Crippen LogP contribution in [-0.4, -0.2) is 24.5 Å². The Morgan fingerprint density at radius 3 is 2.36 bits per heavy atom. The van der Waals surface area contributed by atoms with Crippen LogP contribution >= 0.6 is 0 Å². The number of hydrogen-bond acceptors (Lipinski definition) is 1. The standard InChI is InChI=1S/C10H17N/c1-9(2)6-10(9)7-11-4-3-8(10)5-11/h8H,3-7H2,1-2H3/t8-,10+/m0/s1. The predicted octanol–water partition coefficient (Wildman–Crippen LogP) is 1.74. The molecule has 1 spiro atoms. The van der Waals surface area contributed by atoms with E-state index in [1.165, 1.54) is 32.5 Å². The summed E-state index contributed by atoms with van der Waals surface area (Å²) in [4.78, 5) is 2.67. The second kappa shape index (κ2) is 1.52. The Hall–Kier alpha value is -0.0400. The van der Waals surface area contributed by atoms with E-state index in [2.05, 4.69) is 18.7 Å². The van der Waals surface area contributed by atoms with Crippen LogP contribution < -0.4 is 0 Å². The van der Waals surface area contributed by atoms with Gasteiger partial charge in [-0.1, -0.05) is 13.8 Å². The molecule has 0 radical (unpaired) electrons. The Labute approximate surface area is 68.8 Å². The van der Waals surface area contributed by atoms with Crippen molar-refractivity contribution in [1.29, 1.82) is 0 Å². The maximum absolute atomic E-state index is 2.67. The first kappa shape index (κ1) is 6.47. The molecular formula is C10H17N. The van der Waals surface area contributed by atoms with Crippen molar-refractivity contribution in [3.05, 3.63) is 0 Å². The van der Waals surface area contributed by atoms with Gasteiger partial charge in [-0.25, -0.2) is 0 Å². The monoisotopic (exact) mass is 151 g/mol. The van der Waals surface area contributed by atoms with Crippen molar-refractivity contribution in [2.75, 3.05) is 19.6 Å². The van der Waals surface area contributed by atoms with Gasteiger partial charge in [0.25, 0.3) is 0 Å². The average Bonchev–Trinajstić information content (AvgIpc) is 2.37. The summed E-state index contributed by atoms with van der Waals surface area (Å²) in [5.41, 5.74) is 1.47. The van der Waals surface area contributed by atoms with Crippen LogP contribution in [-0.2, 0) is 0 Å². The molecule has 2 heterocycles. The van der Waals surface area contributed by atoms with Gasteiger partial charge in [-0.2, -0.15) is 0 Å². The van der Waals surface area contributed by atoms with Gasteiger partial charge >= 0.3 is 0 Å². The van der Waals surface area contributed by atoms with E-state index in [1.54, 1.807) is 0 Å². The van der Waals surface area contributed by atoms with Gasteiger partial charge in [-0.3, -0.25) is 0 Å². The fourth-order valence-corrected chi connectivity index (χ4v) is 3.67. The fourth-order valence-electron chi connectivity index (χ4n) is 3.67. The van der Waals surface area contributed by atoms with Crippen LogP contribution in [0.1, 0.15) is 26.7 Å². The van der Waals surface area contributed by atoms with Gasteiger partial charge in [0.05, 0.1) is 0 Å². The van der Waals surface area contributed by atoms with Crippen LogP contribution in [0.5, 0.6) is 0 Å². The van der Waals surface area contributed by atoms with Gasteiger partial charge in [-0.15, -0.1) is 0 Å². The first-order chi connectivity index (χ1) is 5.14. The molecule has 0 aromatic heterocycles. The molecule has 1 unspecified atom stereocenters. The SMILES string of the molecule is CC1(C)C[C@]12CN1CC[C@H]2C1. The third kappa shape index (κ3) is 0.581. The molecule has 62 valence electrons. The smallest absolute Gasteiger partial charge is 0.00466 e. The maximum atomic E-state index is 2.67. The Kier molecular flexibility index (Phi) is 0.893. The van der Waals surface area contributed by atoms with Gasteiger partial charge in [0.1, 0.15) is 0 Å². The zero-order valence-electron chi connectivity index (χ0n) is 7.56. The van der Waals surface area contributed by atoms with Crippen molar-refractivity contribution in [1.82, 2.24) is 4.90 Å². The van der Waals surface area contributed by atoms with Crippen molar-refractivity contribution in [2.45, 2.75) is 26.7 Å². The minimum Gasteiger partial charge on any atom is -0.302 e. The molecular weight excluding hydrogens is 134 g/mol. The summed E-state index contributed by atoms with van der Waals surface area (Å²) in [5, 5.41) is 0. The minimum absolute atomic E-state index is 0.687. The molecule has 2 saturated heterocycles. The van der Waals surface area contributed by atoms with Crippen molar-refractivity contribution in [3.63, 3.8) is 0 Å². The molecule has 3 aliphatic rings. The lowest BCUT2D eigenvalue weighted by atomic mass is 9.83. The lowest BCUT2D eigenvalue weighted by Crippen LogP contribution is -2.27. The van der Waals surface area contributed by atoms with Gasteiger partial charge < -0.3 is 4.90 Å². The summed E-state index contributed by atoms with van der Waals surface area (Å²) in [5.74, 6) is 1.07. The highest BCUT2D eigenvalue weighted by atomic mass is 15.2. The first-order valence-corrected chi connectivity index (χ1v) is 4.86. The molecule has 1 nitrogen and oxygen atoms in total. The molecule has 1 aliphatic carbocycles. The van der Waals surface area contributed by atoms with E-state index in [0.29, 0.717) is 5.41 Å². The fraction of sp³-hybridized carbons (Fsp3) is 1.00. The summed E-state index contributed by atoms with van der Waals surface area (Å²) in [6, 6.07) is 0. The second-order valence-corrected chi connectivity index (χ2v) is 5.44. The second-order valence-electron chi connectivity index (χ2n) is 5.44. The molecule has 11 heavy (non-hydrogen) atoms. The Bertz CT molecular complexity index is 209. The number of rotatable bonds is 0. The van der Waals surface area contributed by atoms with Crippen LogP contribution in [0.3, 0.4) is 0 Å². The normalized spacial score (nSPS) is 57.3. The molecule has 3 fully saturated rings. The third-order valence-corrected chi connectivity index (χ3v) is 4.54.